The minimum absolute atomic E-state index is 0.0332. The van der Waals surface area contributed by atoms with E-state index in [9.17, 15) is 53.7 Å². The summed E-state index contributed by atoms with van der Waals surface area (Å²) in [6, 6.07) is -5.32. The third-order valence-electron chi connectivity index (χ3n) is 12.0. The summed E-state index contributed by atoms with van der Waals surface area (Å²) in [4.78, 5) is 113. The highest BCUT2D eigenvalue weighted by atomic mass is 16.4. The highest BCUT2D eigenvalue weighted by molar-refractivity contribution is 5.97. The van der Waals surface area contributed by atoms with Gasteiger partial charge in [0.25, 0.3) is 0 Å². The summed E-state index contributed by atoms with van der Waals surface area (Å²) in [6.45, 7) is 2.40. The Labute approximate surface area is 414 Å². The molecule has 0 aromatic rings. The summed E-state index contributed by atoms with van der Waals surface area (Å²) in [5.41, 5.74) is 27.4. The maximum atomic E-state index is 14.0. The fraction of sp³-hybridized carbons (Fsp3) is 0.792. The SMILES string of the molecule is CCCCCCCCCCCCCCCC(=O)N[C@@H](CO)C(=O)N[C@@H](CO)C(=O)C[C@@H](CCCN=C(N)N)C(=O)N[C@@H](CCC(=O)O)C(=O)C[C@@H](CCCCN)C(=O)NC(CCCN=C(N)N)C(C)=O. The number of carboxylic acids is 1. The molecule has 17 N–H and O–H groups in total. The molecule has 0 saturated carbocycles. The van der Waals surface area contributed by atoms with E-state index in [1.165, 1.54) is 58.3 Å². The summed E-state index contributed by atoms with van der Waals surface area (Å²) >= 11 is 0. The van der Waals surface area contributed by atoms with Crippen LogP contribution >= 0.6 is 0 Å². The van der Waals surface area contributed by atoms with Crippen molar-refractivity contribution in [1.82, 2.24) is 21.3 Å². The zero-order valence-electron chi connectivity index (χ0n) is 42.1. The Bertz CT molecular complexity index is 1620. The van der Waals surface area contributed by atoms with Crippen LogP contribution in [0, 0.1) is 11.8 Å². The van der Waals surface area contributed by atoms with Crippen LogP contribution in [0.15, 0.2) is 9.98 Å². The molecule has 0 aliphatic heterocycles. The van der Waals surface area contributed by atoms with Crippen LogP contribution in [0.3, 0.4) is 0 Å². The zero-order valence-corrected chi connectivity index (χ0v) is 42.1. The van der Waals surface area contributed by atoms with Crippen molar-refractivity contribution in [1.29, 1.82) is 0 Å². The number of aliphatic imine (C=N–C) groups is 2. The second-order valence-electron chi connectivity index (χ2n) is 18.1. The molecule has 4 amide bonds. The number of aliphatic hydroxyl groups is 2. The number of rotatable bonds is 45. The van der Waals surface area contributed by atoms with Crippen LogP contribution in [0.4, 0.5) is 0 Å². The van der Waals surface area contributed by atoms with E-state index in [1.54, 1.807) is 0 Å². The fourth-order valence-electron chi connectivity index (χ4n) is 7.81. The van der Waals surface area contributed by atoms with E-state index >= 15 is 0 Å². The lowest BCUT2D eigenvalue weighted by atomic mass is 9.89. The molecule has 0 heterocycles. The lowest BCUT2D eigenvalue weighted by molar-refractivity contribution is -0.139. The quantitative estimate of drug-likeness (QED) is 0.0232. The molecule has 402 valence electrons. The van der Waals surface area contributed by atoms with Crippen molar-refractivity contribution < 1.29 is 53.7 Å². The molecule has 0 aliphatic carbocycles. The smallest absolute Gasteiger partial charge is 0.303 e. The van der Waals surface area contributed by atoms with Gasteiger partial charge >= 0.3 is 5.97 Å². The van der Waals surface area contributed by atoms with Gasteiger partial charge in [0.2, 0.25) is 23.6 Å². The van der Waals surface area contributed by atoms with Gasteiger partial charge in [-0.25, -0.2) is 0 Å². The van der Waals surface area contributed by atoms with Gasteiger partial charge < -0.3 is 65.3 Å². The number of Topliss-reactive ketones (excluding diaryl/α,β-unsaturated/α-hetero) is 3. The molecule has 0 spiro atoms. The number of hydrogen-bond donors (Lipinski definition) is 12. The number of nitrogens with zero attached hydrogens (tertiary/aromatic N) is 2. The monoisotopic (exact) mass is 996 g/mol. The van der Waals surface area contributed by atoms with E-state index in [2.05, 4.69) is 38.2 Å². The summed E-state index contributed by atoms with van der Waals surface area (Å²) in [7, 11) is 0. The molecule has 0 rings (SSSR count). The van der Waals surface area contributed by atoms with E-state index in [0.29, 0.717) is 32.2 Å². The van der Waals surface area contributed by atoms with Gasteiger partial charge in [-0.2, -0.15) is 0 Å². The molecule has 1 unspecified atom stereocenters. The summed E-state index contributed by atoms with van der Waals surface area (Å²) in [5, 5.41) is 39.8. The highest BCUT2D eigenvalue weighted by Gasteiger charge is 2.33. The number of aliphatic carboxylic acids is 1. The Morgan fingerprint density at radius 1 is 0.486 bits per heavy atom. The van der Waals surface area contributed by atoms with Crippen LogP contribution in [0.25, 0.3) is 0 Å². The van der Waals surface area contributed by atoms with Crippen LogP contribution < -0.4 is 49.9 Å². The first-order chi connectivity index (χ1) is 33.4. The first-order valence-corrected chi connectivity index (χ1v) is 25.4. The zero-order chi connectivity index (χ0) is 52.7. The molecule has 0 aromatic carbocycles. The van der Waals surface area contributed by atoms with Crippen LogP contribution in [-0.4, -0.2) is 131 Å². The largest absolute Gasteiger partial charge is 0.481 e. The van der Waals surface area contributed by atoms with Crippen molar-refractivity contribution >= 4 is 58.9 Å². The maximum absolute atomic E-state index is 14.0. The molecule has 70 heavy (non-hydrogen) atoms. The van der Waals surface area contributed by atoms with E-state index < -0.39 is 110 Å². The molecule has 22 heteroatoms. The Balaban J connectivity index is 5.88. The predicted molar refractivity (Wildman–Crippen MR) is 269 cm³/mol. The number of nitrogens with two attached hydrogens (primary N) is 5. The number of carboxylic acid groups (broad SMARTS) is 1. The Kier molecular flexibility index (Phi) is 37.5. The molecule has 0 radical (unpaired) electrons. The number of hydrogen-bond acceptors (Lipinski definition) is 13. The molecule has 0 saturated heterocycles. The van der Waals surface area contributed by atoms with Crippen LogP contribution in [0.5, 0.6) is 0 Å². The molecule has 0 fully saturated rings. The molecule has 0 aliphatic rings. The lowest BCUT2D eigenvalue weighted by Crippen LogP contribution is -2.54. The molecular weight excluding hydrogens is 907 g/mol. The van der Waals surface area contributed by atoms with E-state index in [-0.39, 0.29) is 69.3 Å². The molecule has 0 aromatic heterocycles. The van der Waals surface area contributed by atoms with E-state index in [0.717, 1.165) is 25.7 Å². The molecular formula is C48H89N11O11. The van der Waals surface area contributed by atoms with Gasteiger partial charge in [-0.05, 0) is 64.8 Å². The van der Waals surface area contributed by atoms with Gasteiger partial charge in [0.15, 0.2) is 29.3 Å². The number of aliphatic hydroxyl groups excluding tert-OH is 2. The van der Waals surface area contributed by atoms with Crippen LogP contribution in [-0.2, 0) is 38.4 Å². The standard InChI is InChI=1S/C48H89N11O11/c1-3-4-5-6-7-8-9-10-11-12-13-14-15-23-42(65)56-39(32-61)46(70)59-38(31-60)41(64)30-35(21-18-27-54-47(50)51)45(69)58-37(24-25-43(66)67)40(63)29-34(20-16-17-26-49)44(68)57-36(33(2)62)22-19-28-55-48(52)53/h34-39,60-61H,3-32,49H2,1-2H3,(H,56,65)(H,57,68)(H,58,69)(H,59,70)(H,66,67)(H4,50,51,54)(H4,52,53,55)/t34-,35-,36?,37+,38+,39+/m1/s1. The van der Waals surface area contributed by atoms with Gasteiger partial charge in [-0.1, -0.05) is 90.4 Å². The van der Waals surface area contributed by atoms with Gasteiger partial charge in [0, 0.05) is 50.6 Å². The number of ketones is 3. The number of unbranched alkanes of at least 4 members (excludes halogenated alkanes) is 13. The number of carbonyl (C=O) groups excluding carboxylic acids is 7. The second kappa shape index (κ2) is 40.5. The minimum atomic E-state index is -1.56. The predicted octanol–water partition coefficient (Wildman–Crippen LogP) is 1.23. The van der Waals surface area contributed by atoms with Gasteiger partial charge in [-0.15, -0.1) is 0 Å². The van der Waals surface area contributed by atoms with Crippen molar-refractivity contribution in [2.45, 2.75) is 199 Å². The fourth-order valence-corrected chi connectivity index (χ4v) is 7.81. The van der Waals surface area contributed by atoms with Gasteiger partial charge in [0.05, 0.1) is 25.3 Å². The van der Waals surface area contributed by atoms with Gasteiger partial charge in [0.1, 0.15) is 12.1 Å². The molecule has 6 atom stereocenters. The van der Waals surface area contributed by atoms with Gasteiger partial charge in [-0.3, -0.25) is 48.3 Å². The van der Waals surface area contributed by atoms with Crippen molar-refractivity contribution in [2.24, 2.45) is 50.5 Å². The Morgan fingerprint density at radius 2 is 0.929 bits per heavy atom. The minimum Gasteiger partial charge on any atom is -0.481 e. The molecule has 0 bridgehead atoms. The number of carbonyl (C=O) groups is 8. The first-order valence-electron chi connectivity index (χ1n) is 25.4. The van der Waals surface area contributed by atoms with Crippen LogP contribution in [0.2, 0.25) is 0 Å². The number of amides is 4. The lowest BCUT2D eigenvalue weighted by Gasteiger charge is -2.25. The summed E-state index contributed by atoms with van der Waals surface area (Å²) in [5.74, 6) is -8.46. The van der Waals surface area contributed by atoms with Crippen molar-refractivity contribution in [2.75, 3.05) is 32.8 Å². The van der Waals surface area contributed by atoms with E-state index in [4.69, 9.17) is 28.7 Å². The third-order valence-corrected chi connectivity index (χ3v) is 12.0. The third kappa shape index (κ3) is 32.6. The highest BCUT2D eigenvalue weighted by Crippen LogP contribution is 2.20. The first kappa shape index (κ1) is 64.8. The number of nitrogens with one attached hydrogen (secondary N) is 4. The normalized spacial score (nSPS) is 13.6. The van der Waals surface area contributed by atoms with E-state index in [1.807, 2.05) is 0 Å². The maximum Gasteiger partial charge on any atom is 0.303 e. The van der Waals surface area contributed by atoms with Crippen molar-refractivity contribution in [3.05, 3.63) is 0 Å². The topological polar surface area (TPSA) is 400 Å². The molecule has 22 nitrogen and oxygen atoms in total. The number of guanidine groups is 2. The Morgan fingerprint density at radius 3 is 1.39 bits per heavy atom. The van der Waals surface area contributed by atoms with Crippen LogP contribution in [0.1, 0.15) is 174 Å². The average Bonchev–Trinajstić information content (AvgIpc) is 3.31. The van der Waals surface area contributed by atoms with Crippen molar-refractivity contribution in [3.63, 3.8) is 0 Å². The second-order valence-corrected chi connectivity index (χ2v) is 18.1. The average molecular weight is 996 g/mol. The Hall–Kier alpha value is -5.22. The van der Waals surface area contributed by atoms with Crippen molar-refractivity contribution in [3.8, 4) is 0 Å². The summed E-state index contributed by atoms with van der Waals surface area (Å²) < 4.78 is 0. The summed E-state index contributed by atoms with van der Waals surface area (Å²) in [6.07, 6.45) is 14.8.